The van der Waals surface area contributed by atoms with Gasteiger partial charge >= 0.3 is 6.03 Å². The summed E-state index contributed by atoms with van der Waals surface area (Å²) in [6.07, 6.45) is 4.23. The first-order valence-corrected chi connectivity index (χ1v) is 6.64. The van der Waals surface area contributed by atoms with Crippen LogP contribution < -0.4 is 16.4 Å². The summed E-state index contributed by atoms with van der Waals surface area (Å²) in [6, 6.07) is 4.18. The maximum Gasteiger partial charge on any atom is 0.319 e. The predicted octanol–water partition coefficient (Wildman–Crippen LogP) is 2.52. The lowest BCUT2D eigenvalue weighted by Gasteiger charge is -2.15. The third kappa shape index (κ3) is 3.41. The summed E-state index contributed by atoms with van der Waals surface area (Å²) in [5.41, 5.74) is 5.84. The van der Waals surface area contributed by atoms with Gasteiger partial charge in [-0.15, -0.1) is 0 Å². The van der Waals surface area contributed by atoms with Gasteiger partial charge in [0.15, 0.2) is 0 Å². The minimum Gasteiger partial charge on any atom is -0.389 e. The van der Waals surface area contributed by atoms with E-state index in [9.17, 15) is 9.18 Å². The zero-order valence-corrected chi connectivity index (χ0v) is 11.2. The van der Waals surface area contributed by atoms with Gasteiger partial charge in [0.25, 0.3) is 0 Å². The first kappa shape index (κ1) is 13.7. The Morgan fingerprint density at radius 1 is 1.37 bits per heavy atom. The predicted molar refractivity (Wildman–Crippen MR) is 76.7 cm³/mol. The van der Waals surface area contributed by atoms with Gasteiger partial charge in [0.1, 0.15) is 10.8 Å². The molecule has 1 aliphatic carbocycles. The van der Waals surface area contributed by atoms with Gasteiger partial charge < -0.3 is 16.4 Å². The van der Waals surface area contributed by atoms with Crippen LogP contribution in [0.25, 0.3) is 0 Å². The van der Waals surface area contributed by atoms with Crippen molar-refractivity contribution in [3.8, 4) is 0 Å². The molecule has 0 aromatic heterocycles. The maximum atomic E-state index is 13.6. The van der Waals surface area contributed by atoms with Crippen molar-refractivity contribution in [3.05, 3.63) is 29.6 Å². The van der Waals surface area contributed by atoms with E-state index in [1.165, 1.54) is 12.1 Å². The Balaban J connectivity index is 2.07. The fourth-order valence-electron chi connectivity index (χ4n) is 2.29. The Morgan fingerprint density at radius 2 is 2.05 bits per heavy atom. The van der Waals surface area contributed by atoms with Gasteiger partial charge in [-0.05, 0) is 25.0 Å². The smallest absolute Gasteiger partial charge is 0.319 e. The van der Waals surface area contributed by atoms with Crippen LogP contribution in [-0.4, -0.2) is 17.1 Å². The third-order valence-corrected chi connectivity index (χ3v) is 3.40. The number of anilines is 1. The molecule has 0 spiro atoms. The molecule has 0 unspecified atom stereocenters. The van der Waals surface area contributed by atoms with E-state index in [-0.39, 0.29) is 22.6 Å². The fourth-order valence-corrected chi connectivity index (χ4v) is 2.50. The van der Waals surface area contributed by atoms with Crippen molar-refractivity contribution in [2.75, 3.05) is 5.32 Å². The highest BCUT2D eigenvalue weighted by Crippen LogP contribution is 2.20. The Kier molecular flexibility index (Phi) is 4.31. The van der Waals surface area contributed by atoms with E-state index in [0.29, 0.717) is 5.69 Å². The van der Waals surface area contributed by atoms with E-state index >= 15 is 0 Å². The Bertz CT molecular complexity index is 501. The molecule has 102 valence electrons. The summed E-state index contributed by atoms with van der Waals surface area (Å²) in [6.45, 7) is 0. The molecule has 4 N–H and O–H groups in total. The van der Waals surface area contributed by atoms with Crippen molar-refractivity contribution >= 4 is 28.9 Å². The average Bonchev–Trinajstić information content (AvgIpc) is 2.81. The molecule has 19 heavy (non-hydrogen) atoms. The lowest BCUT2D eigenvalue weighted by atomic mass is 10.1. The van der Waals surface area contributed by atoms with Crippen LogP contribution in [0.2, 0.25) is 0 Å². The zero-order chi connectivity index (χ0) is 13.8. The molecule has 6 heteroatoms. The molecule has 2 amide bonds. The molecule has 0 saturated heterocycles. The molecule has 1 aliphatic rings. The van der Waals surface area contributed by atoms with Crippen LogP contribution in [0.1, 0.15) is 31.2 Å². The van der Waals surface area contributed by atoms with Crippen LogP contribution in [0.4, 0.5) is 14.9 Å². The van der Waals surface area contributed by atoms with Crippen molar-refractivity contribution in [1.82, 2.24) is 5.32 Å². The highest BCUT2D eigenvalue weighted by molar-refractivity contribution is 7.80. The van der Waals surface area contributed by atoms with E-state index < -0.39 is 5.82 Å². The van der Waals surface area contributed by atoms with Gasteiger partial charge in [-0.1, -0.05) is 31.1 Å². The summed E-state index contributed by atoms with van der Waals surface area (Å²) >= 11 is 4.80. The van der Waals surface area contributed by atoms with Crippen LogP contribution in [0.5, 0.6) is 0 Å². The number of amides is 2. The monoisotopic (exact) mass is 281 g/mol. The molecule has 0 atom stereocenters. The minimum absolute atomic E-state index is 0.0686. The van der Waals surface area contributed by atoms with Gasteiger partial charge in [0.2, 0.25) is 0 Å². The molecule has 1 aromatic carbocycles. The number of thiocarbonyl (C=S) groups is 1. The Hall–Kier alpha value is -1.69. The molecule has 1 aromatic rings. The summed E-state index contributed by atoms with van der Waals surface area (Å²) < 4.78 is 13.6. The van der Waals surface area contributed by atoms with E-state index in [2.05, 4.69) is 10.6 Å². The van der Waals surface area contributed by atoms with E-state index in [1.807, 2.05) is 0 Å². The number of hydrogen-bond acceptors (Lipinski definition) is 2. The minimum atomic E-state index is -0.536. The van der Waals surface area contributed by atoms with Gasteiger partial charge in [0, 0.05) is 6.04 Å². The number of halogens is 1. The van der Waals surface area contributed by atoms with Crippen molar-refractivity contribution in [2.24, 2.45) is 5.73 Å². The Labute approximate surface area is 116 Å². The molecule has 0 bridgehead atoms. The molecule has 0 aliphatic heterocycles. The summed E-state index contributed by atoms with van der Waals surface area (Å²) in [4.78, 5) is 11.8. The SMILES string of the molecule is NC(=S)c1c(F)cccc1NC(=O)NC1CCCC1. The number of carbonyl (C=O) groups excluding carboxylic acids is 1. The van der Waals surface area contributed by atoms with Crippen LogP contribution >= 0.6 is 12.2 Å². The zero-order valence-electron chi connectivity index (χ0n) is 10.4. The molecule has 0 radical (unpaired) electrons. The summed E-state index contributed by atoms with van der Waals surface area (Å²) in [5, 5.41) is 5.46. The lowest BCUT2D eigenvalue weighted by Crippen LogP contribution is -2.36. The molecule has 4 nitrogen and oxygen atoms in total. The van der Waals surface area contributed by atoms with Crippen LogP contribution in [0.15, 0.2) is 18.2 Å². The van der Waals surface area contributed by atoms with Crippen molar-refractivity contribution in [3.63, 3.8) is 0 Å². The number of rotatable bonds is 3. The van der Waals surface area contributed by atoms with Gasteiger partial charge in [0.05, 0.1) is 11.3 Å². The van der Waals surface area contributed by atoms with E-state index in [0.717, 1.165) is 25.7 Å². The molecular formula is C13H16FN3OS. The topological polar surface area (TPSA) is 67.1 Å². The van der Waals surface area contributed by atoms with E-state index in [4.69, 9.17) is 18.0 Å². The second kappa shape index (κ2) is 5.97. The molecule has 1 saturated carbocycles. The molecule has 2 rings (SSSR count). The van der Waals surface area contributed by atoms with Crippen LogP contribution in [0.3, 0.4) is 0 Å². The second-order valence-corrected chi connectivity index (χ2v) is 5.05. The Morgan fingerprint density at radius 3 is 2.68 bits per heavy atom. The largest absolute Gasteiger partial charge is 0.389 e. The van der Waals surface area contributed by atoms with Gasteiger partial charge in [-0.25, -0.2) is 9.18 Å². The highest BCUT2D eigenvalue weighted by atomic mass is 32.1. The van der Waals surface area contributed by atoms with E-state index in [1.54, 1.807) is 6.07 Å². The van der Waals surface area contributed by atoms with Crippen LogP contribution in [-0.2, 0) is 0 Å². The fraction of sp³-hybridized carbons (Fsp3) is 0.385. The third-order valence-electron chi connectivity index (χ3n) is 3.20. The maximum absolute atomic E-state index is 13.6. The highest BCUT2D eigenvalue weighted by Gasteiger charge is 2.18. The normalized spacial score (nSPS) is 15.2. The first-order valence-electron chi connectivity index (χ1n) is 6.24. The van der Waals surface area contributed by atoms with Gasteiger partial charge in [-0.3, -0.25) is 0 Å². The van der Waals surface area contributed by atoms with Crippen molar-refractivity contribution in [2.45, 2.75) is 31.7 Å². The average molecular weight is 281 g/mol. The standard InChI is InChI=1S/C13H16FN3OS/c14-9-6-3-7-10(11(9)12(15)19)17-13(18)16-8-4-1-2-5-8/h3,6-8H,1-2,4-5H2,(H2,15,19)(H2,16,17,18). The van der Waals surface area contributed by atoms with Gasteiger partial charge in [-0.2, -0.15) is 0 Å². The quantitative estimate of drug-likeness (QED) is 0.746. The molecule has 1 fully saturated rings. The number of hydrogen-bond donors (Lipinski definition) is 3. The van der Waals surface area contributed by atoms with Crippen molar-refractivity contribution < 1.29 is 9.18 Å². The van der Waals surface area contributed by atoms with Crippen LogP contribution in [0, 0.1) is 5.82 Å². The second-order valence-electron chi connectivity index (χ2n) is 4.61. The van der Waals surface area contributed by atoms with Crippen molar-refractivity contribution in [1.29, 1.82) is 0 Å². The first-order chi connectivity index (χ1) is 9.08. The number of nitrogens with two attached hydrogens (primary N) is 1. The summed E-state index contributed by atoms with van der Waals surface area (Å²) in [7, 11) is 0. The number of urea groups is 1. The number of nitrogens with one attached hydrogen (secondary N) is 2. The number of benzene rings is 1. The molecule has 0 heterocycles. The lowest BCUT2D eigenvalue weighted by molar-refractivity contribution is 0.248. The number of carbonyl (C=O) groups is 1. The summed E-state index contributed by atoms with van der Waals surface area (Å²) in [5.74, 6) is -0.536. The molecular weight excluding hydrogens is 265 g/mol.